The van der Waals surface area contributed by atoms with E-state index < -0.39 is 15.8 Å². The fraction of sp³-hybridized carbons (Fsp3) is 0.333. The maximum atomic E-state index is 13.3. The molecule has 2 aromatic rings. The van der Waals surface area contributed by atoms with Crippen LogP contribution in [0, 0.1) is 33.5 Å². The summed E-state index contributed by atoms with van der Waals surface area (Å²) in [6, 6.07) is 4.45. The second-order valence-corrected chi connectivity index (χ2v) is 8.19. The quantitative estimate of drug-likeness (QED) is 0.932. The van der Waals surface area contributed by atoms with Crippen LogP contribution in [0.4, 0.5) is 4.39 Å². The van der Waals surface area contributed by atoms with Crippen molar-refractivity contribution in [3.8, 4) is 0 Å². The third-order valence-electron chi connectivity index (χ3n) is 3.35. The normalized spacial score (nSPS) is 11.9. The summed E-state index contributed by atoms with van der Waals surface area (Å²) >= 11 is 1.57. The van der Waals surface area contributed by atoms with E-state index in [2.05, 4.69) is 4.72 Å². The third kappa shape index (κ3) is 3.51. The maximum Gasteiger partial charge on any atom is 0.241 e. The molecule has 0 saturated heterocycles. The Hall–Kier alpha value is -1.24. The Morgan fingerprint density at radius 3 is 2.10 bits per heavy atom. The Labute approximate surface area is 128 Å². The lowest BCUT2D eigenvalue weighted by atomic mass is 10.1. The number of rotatable bonds is 4. The number of halogens is 1. The first-order chi connectivity index (χ1) is 9.70. The van der Waals surface area contributed by atoms with E-state index in [1.807, 2.05) is 19.9 Å². The lowest BCUT2D eigenvalue weighted by Gasteiger charge is -2.11. The van der Waals surface area contributed by atoms with Gasteiger partial charge in [-0.2, -0.15) is 0 Å². The van der Waals surface area contributed by atoms with E-state index in [0.717, 1.165) is 10.4 Å². The van der Waals surface area contributed by atoms with Gasteiger partial charge in [0.2, 0.25) is 10.0 Å². The van der Waals surface area contributed by atoms with Gasteiger partial charge < -0.3 is 0 Å². The fourth-order valence-electron chi connectivity index (χ4n) is 2.30. The third-order valence-corrected chi connectivity index (χ3v) is 6.21. The lowest BCUT2D eigenvalue weighted by Crippen LogP contribution is -2.24. The molecule has 0 amide bonds. The van der Waals surface area contributed by atoms with Gasteiger partial charge >= 0.3 is 0 Å². The summed E-state index contributed by atoms with van der Waals surface area (Å²) in [5, 5.41) is 0. The molecule has 1 N–H and O–H groups in total. The largest absolute Gasteiger partial charge is 0.241 e. The monoisotopic (exact) mass is 327 g/mol. The molecule has 0 aliphatic carbocycles. The number of benzene rings is 1. The molecule has 1 aromatic carbocycles. The van der Waals surface area contributed by atoms with E-state index >= 15 is 0 Å². The van der Waals surface area contributed by atoms with Crippen LogP contribution in [-0.4, -0.2) is 8.42 Å². The Morgan fingerprint density at radius 1 is 1.05 bits per heavy atom. The van der Waals surface area contributed by atoms with Crippen molar-refractivity contribution in [2.75, 3.05) is 0 Å². The summed E-state index contributed by atoms with van der Waals surface area (Å²) in [4.78, 5) is 2.30. The molecule has 0 radical (unpaired) electrons. The van der Waals surface area contributed by atoms with Crippen molar-refractivity contribution >= 4 is 21.4 Å². The molecular formula is C15H18FNO2S2. The molecule has 0 spiro atoms. The van der Waals surface area contributed by atoms with Crippen LogP contribution in [-0.2, 0) is 16.6 Å². The summed E-state index contributed by atoms with van der Waals surface area (Å²) < 4.78 is 40.7. The maximum absolute atomic E-state index is 13.3. The Bertz CT molecular complexity index is 736. The Kier molecular flexibility index (Phi) is 4.51. The number of aryl methyl sites for hydroxylation is 4. The molecule has 0 fully saturated rings. The molecule has 6 heteroatoms. The lowest BCUT2D eigenvalue weighted by molar-refractivity contribution is 0.579. The average molecular weight is 327 g/mol. The van der Waals surface area contributed by atoms with Gasteiger partial charge in [0.1, 0.15) is 5.82 Å². The van der Waals surface area contributed by atoms with Gasteiger partial charge in [0.15, 0.2) is 0 Å². The second kappa shape index (κ2) is 5.87. The molecule has 0 unspecified atom stereocenters. The first-order valence-electron chi connectivity index (χ1n) is 6.53. The van der Waals surface area contributed by atoms with Gasteiger partial charge in [-0.3, -0.25) is 0 Å². The summed E-state index contributed by atoms with van der Waals surface area (Å²) in [5.74, 6) is -0.423. The minimum Gasteiger partial charge on any atom is -0.207 e. The van der Waals surface area contributed by atoms with E-state index in [4.69, 9.17) is 0 Å². The van der Waals surface area contributed by atoms with Crippen molar-refractivity contribution in [2.24, 2.45) is 0 Å². The predicted octanol–water partition coefficient (Wildman–Crippen LogP) is 3.60. The second-order valence-electron chi connectivity index (χ2n) is 5.15. The summed E-state index contributed by atoms with van der Waals surface area (Å²) in [6.07, 6.45) is 0. The molecule has 1 aromatic heterocycles. The van der Waals surface area contributed by atoms with Crippen molar-refractivity contribution in [1.82, 2.24) is 4.72 Å². The highest BCUT2D eigenvalue weighted by Crippen LogP contribution is 2.23. The molecule has 114 valence electrons. The van der Waals surface area contributed by atoms with Gasteiger partial charge in [-0.25, -0.2) is 17.5 Å². The molecule has 0 bridgehead atoms. The van der Waals surface area contributed by atoms with Crippen molar-refractivity contribution in [3.63, 3.8) is 0 Å². The Morgan fingerprint density at radius 2 is 1.62 bits per heavy atom. The van der Waals surface area contributed by atoms with Gasteiger partial charge in [0.25, 0.3) is 0 Å². The van der Waals surface area contributed by atoms with Crippen LogP contribution < -0.4 is 4.72 Å². The molecule has 3 nitrogen and oxygen atoms in total. The minimum absolute atomic E-state index is 0.161. The standard InChI is InChI=1S/C15H18FNO2S2/c1-9-7-14(20-12(9)4)8-17-21(18,19)15-10(2)5-13(16)6-11(15)3/h5-7,17H,8H2,1-4H3. The molecule has 21 heavy (non-hydrogen) atoms. The number of nitrogens with one attached hydrogen (secondary N) is 1. The van der Waals surface area contributed by atoms with Crippen LogP contribution in [0.2, 0.25) is 0 Å². The van der Waals surface area contributed by atoms with Crippen molar-refractivity contribution in [2.45, 2.75) is 39.1 Å². The van der Waals surface area contributed by atoms with Crippen LogP contribution in [0.15, 0.2) is 23.1 Å². The van der Waals surface area contributed by atoms with E-state index in [9.17, 15) is 12.8 Å². The van der Waals surface area contributed by atoms with Gasteiger partial charge in [0.05, 0.1) is 4.90 Å². The van der Waals surface area contributed by atoms with Crippen LogP contribution in [0.5, 0.6) is 0 Å². The van der Waals surface area contributed by atoms with E-state index in [1.165, 1.54) is 17.0 Å². The van der Waals surface area contributed by atoms with Gasteiger partial charge in [-0.15, -0.1) is 11.3 Å². The first kappa shape index (κ1) is 16.1. The van der Waals surface area contributed by atoms with Crippen LogP contribution in [0.25, 0.3) is 0 Å². The molecule has 0 atom stereocenters. The van der Waals surface area contributed by atoms with Gasteiger partial charge in [-0.1, -0.05) is 0 Å². The first-order valence-corrected chi connectivity index (χ1v) is 8.83. The van der Waals surface area contributed by atoms with E-state index in [0.29, 0.717) is 11.1 Å². The molecule has 0 saturated carbocycles. The zero-order chi connectivity index (χ0) is 15.8. The zero-order valence-electron chi connectivity index (χ0n) is 12.5. The van der Waals surface area contributed by atoms with E-state index in [1.54, 1.807) is 25.2 Å². The van der Waals surface area contributed by atoms with Gasteiger partial charge in [-0.05, 0) is 62.6 Å². The predicted molar refractivity (Wildman–Crippen MR) is 83.7 cm³/mol. The molecule has 2 rings (SSSR count). The molecule has 0 aliphatic rings. The molecule has 0 aliphatic heterocycles. The number of thiophene rings is 1. The summed E-state index contributed by atoms with van der Waals surface area (Å²) in [5.41, 5.74) is 1.99. The number of hydrogen-bond donors (Lipinski definition) is 1. The van der Waals surface area contributed by atoms with Crippen molar-refractivity contribution in [3.05, 3.63) is 50.5 Å². The van der Waals surface area contributed by atoms with Crippen LogP contribution in [0.3, 0.4) is 0 Å². The topological polar surface area (TPSA) is 46.2 Å². The smallest absolute Gasteiger partial charge is 0.207 e. The number of hydrogen-bond acceptors (Lipinski definition) is 3. The highest BCUT2D eigenvalue weighted by atomic mass is 32.2. The molecular weight excluding hydrogens is 309 g/mol. The number of sulfonamides is 1. The van der Waals surface area contributed by atoms with Crippen LogP contribution in [0.1, 0.15) is 26.4 Å². The summed E-state index contributed by atoms with van der Waals surface area (Å²) in [7, 11) is -3.65. The van der Waals surface area contributed by atoms with Crippen molar-refractivity contribution < 1.29 is 12.8 Å². The Balaban J connectivity index is 2.27. The summed E-state index contributed by atoms with van der Waals surface area (Å²) in [6.45, 7) is 7.45. The van der Waals surface area contributed by atoms with Crippen LogP contribution >= 0.6 is 11.3 Å². The fourth-order valence-corrected chi connectivity index (χ4v) is 4.84. The van der Waals surface area contributed by atoms with Crippen molar-refractivity contribution in [1.29, 1.82) is 0 Å². The van der Waals surface area contributed by atoms with E-state index in [-0.39, 0.29) is 11.4 Å². The minimum atomic E-state index is -3.65. The zero-order valence-corrected chi connectivity index (χ0v) is 14.1. The highest BCUT2D eigenvalue weighted by Gasteiger charge is 2.20. The van der Waals surface area contributed by atoms with Gasteiger partial charge in [0, 0.05) is 16.3 Å². The molecule has 1 heterocycles. The average Bonchev–Trinajstić information content (AvgIpc) is 2.65. The highest BCUT2D eigenvalue weighted by molar-refractivity contribution is 7.89. The SMILES string of the molecule is Cc1cc(CNS(=O)(=O)c2c(C)cc(F)cc2C)sc1C.